The number of nitriles is 1. The van der Waals surface area contributed by atoms with Gasteiger partial charge in [0.1, 0.15) is 6.04 Å². The lowest BCUT2D eigenvalue weighted by Gasteiger charge is -2.19. The van der Waals surface area contributed by atoms with Gasteiger partial charge in [0.05, 0.1) is 6.07 Å². The molecule has 0 saturated carbocycles. The van der Waals surface area contributed by atoms with Crippen LogP contribution in [0.1, 0.15) is 28.3 Å². The molecule has 0 aliphatic carbocycles. The SMILES string of the molecule is Cc1cc(C)c(C(C#N)NCCN(C)C)c(C)c1. The van der Waals surface area contributed by atoms with Crippen molar-refractivity contribution >= 4 is 0 Å². The quantitative estimate of drug-likeness (QED) is 0.865. The van der Waals surface area contributed by atoms with E-state index in [-0.39, 0.29) is 6.04 Å². The molecule has 98 valence electrons. The molecule has 0 amide bonds. The number of nitrogens with zero attached hydrogens (tertiary/aromatic N) is 2. The Labute approximate surface area is 110 Å². The minimum Gasteiger partial charge on any atom is -0.308 e. The molecule has 0 heterocycles. The molecule has 1 atom stereocenters. The highest BCUT2D eigenvalue weighted by molar-refractivity contribution is 5.41. The van der Waals surface area contributed by atoms with E-state index in [9.17, 15) is 5.26 Å². The van der Waals surface area contributed by atoms with Gasteiger partial charge in [-0.3, -0.25) is 5.32 Å². The molecule has 0 aliphatic rings. The fraction of sp³-hybridized carbons (Fsp3) is 0.533. The van der Waals surface area contributed by atoms with Crippen molar-refractivity contribution in [2.24, 2.45) is 0 Å². The van der Waals surface area contributed by atoms with Crippen LogP contribution in [0.4, 0.5) is 0 Å². The first-order valence-corrected chi connectivity index (χ1v) is 6.31. The zero-order valence-corrected chi connectivity index (χ0v) is 12.0. The molecule has 1 aromatic carbocycles. The number of nitrogens with one attached hydrogen (secondary N) is 1. The van der Waals surface area contributed by atoms with E-state index in [2.05, 4.69) is 49.2 Å². The Kier molecular flexibility index (Phi) is 5.33. The van der Waals surface area contributed by atoms with E-state index >= 15 is 0 Å². The Bertz CT molecular complexity index is 421. The van der Waals surface area contributed by atoms with E-state index in [4.69, 9.17) is 0 Å². The lowest BCUT2D eigenvalue weighted by molar-refractivity contribution is 0.394. The number of hydrogen-bond acceptors (Lipinski definition) is 3. The first-order chi connectivity index (χ1) is 8.45. The van der Waals surface area contributed by atoms with Crippen LogP contribution in [-0.4, -0.2) is 32.1 Å². The van der Waals surface area contributed by atoms with Gasteiger partial charge in [0.2, 0.25) is 0 Å². The molecule has 0 bridgehead atoms. The molecule has 3 nitrogen and oxygen atoms in total. The fourth-order valence-electron chi connectivity index (χ4n) is 2.29. The van der Waals surface area contributed by atoms with E-state index < -0.39 is 0 Å². The summed E-state index contributed by atoms with van der Waals surface area (Å²) in [7, 11) is 4.07. The van der Waals surface area contributed by atoms with E-state index in [1.165, 1.54) is 16.7 Å². The second-order valence-electron chi connectivity index (χ2n) is 5.13. The van der Waals surface area contributed by atoms with Crippen molar-refractivity contribution in [1.82, 2.24) is 10.2 Å². The molecule has 0 spiro atoms. The number of rotatable bonds is 5. The molecule has 3 heteroatoms. The van der Waals surface area contributed by atoms with Gasteiger partial charge in [0, 0.05) is 13.1 Å². The van der Waals surface area contributed by atoms with Crippen LogP contribution < -0.4 is 5.32 Å². The minimum absolute atomic E-state index is 0.217. The predicted molar refractivity (Wildman–Crippen MR) is 75.6 cm³/mol. The van der Waals surface area contributed by atoms with Gasteiger partial charge in [-0.15, -0.1) is 0 Å². The van der Waals surface area contributed by atoms with Crippen molar-refractivity contribution in [3.05, 3.63) is 34.4 Å². The Morgan fingerprint density at radius 1 is 1.22 bits per heavy atom. The molecule has 0 aromatic heterocycles. The van der Waals surface area contributed by atoms with Crippen molar-refractivity contribution in [1.29, 1.82) is 5.26 Å². The lowest BCUT2D eigenvalue weighted by Crippen LogP contribution is -2.30. The van der Waals surface area contributed by atoms with Crippen LogP contribution in [0, 0.1) is 32.1 Å². The van der Waals surface area contributed by atoms with Gasteiger partial charge in [0.15, 0.2) is 0 Å². The third-order valence-corrected chi connectivity index (χ3v) is 3.06. The molecule has 1 rings (SSSR count). The van der Waals surface area contributed by atoms with Gasteiger partial charge >= 0.3 is 0 Å². The molecule has 0 saturated heterocycles. The maximum Gasteiger partial charge on any atom is 0.121 e. The van der Waals surface area contributed by atoms with Crippen molar-refractivity contribution in [2.75, 3.05) is 27.2 Å². The molecular formula is C15H23N3. The van der Waals surface area contributed by atoms with Crippen LogP contribution >= 0.6 is 0 Å². The third kappa shape index (κ3) is 3.83. The Morgan fingerprint density at radius 3 is 2.22 bits per heavy atom. The summed E-state index contributed by atoms with van der Waals surface area (Å²) in [5, 5.41) is 12.7. The molecule has 0 fully saturated rings. The largest absolute Gasteiger partial charge is 0.308 e. The number of benzene rings is 1. The summed E-state index contributed by atoms with van der Waals surface area (Å²) in [6, 6.07) is 6.42. The van der Waals surface area contributed by atoms with Crippen LogP contribution in [0.3, 0.4) is 0 Å². The smallest absolute Gasteiger partial charge is 0.121 e. The maximum atomic E-state index is 9.34. The highest BCUT2D eigenvalue weighted by atomic mass is 15.1. The zero-order valence-electron chi connectivity index (χ0n) is 12.0. The second-order valence-corrected chi connectivity index (χ2v) is 5.13. The molecule has 1 N–H and O–H groups in total. The molecule has 18 heavy (non-hydrogen) atoms. The third-order valence-electron chi connectivity index (χ3n) is 3.06. The van der Waals surface area contributed by atoms with E-state index in [0.717, 1.165) is 18.7 Å². The normalized spacial score (nSPS) is 12.5. The molecule has 1 unspecified atom stereocenters. The predicted octanol–water partition coefficient (Wildman–Crippen LogP) is 2.33. The number of hydrogen-bond donors (Lipinski definition) is 1. The molecular weight excluding hydrogens is 222 g/mol. The van der Waals surface area contributed by atoms with Crippen LogP contribution in [0.5, 0.6) is 0 Å². The number of aryl methyl sites for hydroxylation is 3. The fourth-order valence-corrected chi connectivity index (χ4v) is 2.29. The first kappa shape index (κ1) is 14.7. The van der Waals surface area contributed by atoms with Crippen molar-refractivity contribution < 1.29 is 0 Å². The highest BCUT2D eigenvalue weighted by Gasteiger charge is 2.15. The minimum atomic E-state index is -0.217. The highest BCUT2D eigenvalue weighted by Crippen LogP contribution is 2.23. The first-order valence-electron chi connectivity index (χ1n) is 6.31. The van der Waals surface area contributed by atoms with Crippen molar-refractivity contribution in [3.8, 4) is 6.07 Å². The van der Waals surface area contributed by atoms with Crippen LogP contribution in [-0.2, 0) is 0 Å². The summed E-state index contributed by atoms with van der Waals surface area (Å²) in [5.74, 6) is 0. The lowest BCUT2D eigenvalue weighted by atomic mass is 9.94. The summed E-state index contributed by atoms with van der Waals surface area (Å²) < 4.78 is 0. The number of likely N-dealkylation sites (N-methyl/N-ethyl adjacent to an activating group) is 1. The summed E-state index contributed by atoms with van der Waals surface area (Å²) >= 11 is 0. The summed E-state index contributed by atoms with van der Waals surface area (Å²) in [5.41, 5.74) is 4.76. The van der Waals surface area contributed by atoms with Crippen LogP contribution in [0.2, 0.25) is 0 Å². The summed E-state index contributed by atoms with van der Waals surface area (Å²) in [6.07, 6.45) is 0. The Balaban J connectivity index is 2.86. The van der Waals surface area contributed by atoms with E-state index in [0.29, 0.717) is 0 Å². The van der Waals surface area contributed by atoms with Crippen molar-refractivity contribution in [3.63, 3.8) is 0 Å². The van der Waals surface area contributed by atoms with Crippen LogP contribution in [0.25, 0.3) is 0 Å². The summed E-state index contributed by atoms with van der Waals surface area (Å²) in [6.45, 7) is 7.99. The van der Waals surface area contributed by atoms with Gasteiger partial charge in [-0.25, -0.2) is 0 Å². The second kappa shape index (κ2) is 6.53. The van der Waals surface area contributed by atoms with E-state index in [1.807, 2.05) is 14.1 Å². The average Bonchev–Trinajstić information content (AvgIpc) is 2.25. The van der Waals surface area contributed by atoms with E-state index in [1.54, 1.807) is 0 Å². The van der Waals surface area contributed by atoms with Gasteiger partial charge < -0.3 is 4.90 Å². The zero-order chi connectivity index (χ0) is 13.7. The van der Waals surface area contributed by atoms with Gasteiger partial charge in [0.25, 0.3) is 0 Å². The van der Waals surface area contributed by atoms with Crippen molar-refractivity contribution in [2.45, 2.75) is 26.8 Å². The molecule has 0 aliphatic heterocycles. The molecule has 1 aromatic rings. The van der Waals surface area contributed by atoms with Crippen LogP contribution in [0.15, 0.2) is 12.1 Å². The Hall–Kier alpha value is -1.37. The van der Waals surface area contributed by atoms with Gasteiger partial charge in [-0.05, 0) is 51.6 Å². The average molecular weight is 245 g/mol. The Morgan fingerprint density at radius 2 is 1.78 bits per heavy atom. The topological polar surface area (TPSA) is 39.1 Å². The monoisotopic (exact) mass is 245 g/mol. The maximum absolute atomic E-state index is 9.34. The van der Waals surface area contributed by atoms with Gasteiger partial charge in [-0.2, -0.15) is 5.26 Å². The summed E-state index contributed by atoms with van der Waals surface area (Å²) in [4.78, 5) is 2.11. The van der Waals surface area contributed by atoms with Gasteiger partial charge in [-0.1, -0.05) is 17.7 Å². The standard InChI is InChI=1S/C15H23N3/c1-11-8-12(2)15(13(3)9-11)14(10-16)17-6-7-18(4)5/h8-9,14,17H,6-7H2,1-5H3. The molecule has 0 radical (unpaired) electrons.